The number of oxazole rings is 1. The number of rotatable bonds is 5. The minimum Gasteiger partial charge on any atom is -0.443 e. The van der Waals surface area contributed by atoms with E-state index in [1.54, 1.807) is 17.6 Å². The van der Waals surface area contributed by atoms with Gasteiger partial charge in [-0.3, -0.25) is 4.79 Å². The number of nitrogens with one attached hydrogen (secondary N) is 1. The molecule has 1 aliphatic carbocycles. The fourth-order valence-electron chi connectivity index (χ4n) is 2.27. The maximum Gasteiger partial charge on any atom is 0.236 e. The second-order valence-corrected chi connectivity index (χ2v) is 5.82. The first-order chi connectivity index (χ1) is 9.81. The number of thiophene rings is 1. The first-order valence-electron chi connectivity index (χ1n) is 6.73. The van der Waals surface area contributed by atoms with Crippen LogP contribution < -0.4 is 5.32 Å². The average molecular weight is 288 g/mol. The molecule has 1 N–H and O–H groups in total. The van der Waals surface area contributed by atoms with Gasteiger partial charge in [0, 0.05) is 6.42 Å². The van der Waals surface area contributed by atoms with E-state index in [9.17, 15) is 4.79 Å². The van der Waals surface area contributed by atoms with Crippen LogP contribution in [0.5, 0.6) is 0 Å². The zero-order valence-electron chi connectivity index (χ0n) is 11.0. The summed E-state index contributed by atoms with van der Waals surface area (Å²) in [5, 5.41) is 4.87. The second-order valence-electron chi connectivity index (χ2n) is 4.87. The van der Waals surface area contributed by atoms with Crippen LogP contribution in [-0.2, 0) is 11.3 Å². The molecular formula is C15H16N2O2S. The Bertz CT molecular complexity index is 601. The zero-order chi connectivity index (χ0) is 13.8. The van der Waals surface area contributed by atoms with Gasteiger partial charge >= 0.3 is 0 Å². The summed E-state index contributed by atoms with van der Waals surface area (Å²) >= 11 is 1.58. The Balaban J connectivity index is 1.51. The van der Waals surface area contributed by atoms with Gasteiger partial charge in [-0.1, -0.05) is 18.2 Å². The minimum absolute atomic E-state index is 0.0715. The highest BCUT2D eigenvalue weighted by Gasteiger charge is 2.14. The highest BCUT2D eigenvalue weighted by Crippen LogP contribution is 2.23. The number of aromatic nitrogens is 1. The van der Waals surface area contributed by atoms with Crippen LogP contribution in [0, 0.1) is 5.92 Å². The van der Waals surface area contributed by atoms with Crippen LogP contribution in [0.2, 0.25) is 0 Å². The van der Waals surface area contributed by atoms with Crippen molar-refractivity contribution >= 4 is 17.2 Å². The van der Waals surface area contributed by atoms with Crippen molar-refractivity contribution in [1.82, 2.24) is 10.3 Å². The van der Waals surface area contributed by atoms with Crippen molar-refractivity contribution in [3.8, 4) is 10.8 Å². The molecule has 0 aliphatic heterocycles. The molecule has 1 aliphatic rings. The standard InChI is InChI=1S/C15H16N2O2S/c18-14(8-11-4-1-2-5-11)16-9-12-10-19-15(17-12)13-6-3-7-20-13/h1,3-4,6-7,10-11H,2,5,8-9H2,(H,16,18)/t11-/m1/s1. The lowest BCUT2D eigenvalue weighted by Crippen LogP contribution is -2.24. The summed E-state index contributed by atoms with van der Waals surface area (Å²) in [7, 11) is 0. The van der Waals surface area contributed by atoms with E-state index in [1.807, 2.05) is 17.5 Å². The van der Waals surface area contributed by atoms with Crippen LogP contribution in [0.15, 0.2) is 40.3 Å². The van der Waals surface area contributed by atoms with Gasteiger partial charge in [0.1, 0.15) is 6.26 Å². The van der Waals surface area contributed by atoms with Crippen LogP contribution >= 0.6 is 11.3 Å². The largest absolute Gasteiger partial charge is 0.443 e. The van der Waals surface area contributed by atoms with E-state index in [0.29, 0.717) is 24.8 Å². The summed E-state index contributed by atoms with van der Waals surface area (Å²) in [4.78, 5) is 17.2. The Morgan fingerprint density at radius 3 is 3.25 bits per heavy atom. The van der Waals surface area contributed by atoms with Crippen molar-refractivity contribution in [2.45, 2.75) is 25.8 Å². The van der Waals surface area contributed by atoms with Crippen LogP contribution in [-0.4, -0.2) is 10.9 Å². The first kappa shape index (κ1) is 13.1. The van der Waals surface area contributed by atoms with Crippen molar-refractivity contribution in [2.75, 3.05) is 0 Å². The van der Waals surface area contributed by atoms with Gasteiger partial charge in [0.15, 0.2) is 0 Å². The van der Waals surface area contributed by atoms with Gasteiger partial charge < -0.3 is 9.73 Å². The van der Waals surface area contributed by atoms with Crippen molar-refractivity contribution in [2.24, 2.45) is 5.92 Å². The third-order valence-electron chi connectivity index (χ3n) is 3.31. The average Bonchev–Trinajstić information content (AvgIpc) is 3.18. The number of carbonyl (C=O) groups excluding carboxylic acids is 1. The number of nitrogens with zero attached hydrogens (tertiary/aromatic N) is 1. The van der Waals surface area contributed by atoms with Crippen LogP contribution in [0.3, 0.4) is 0 Å². The molecule has 0 spiro atoms. The van der Waals surface area contributed by atoms with Gasteiger partial charge in [0.25, 0.3) is 0 Å². The molecular weight excluding hydrogens is 272 g/mol. The van der Waals surface area contributed by atoms with Crippen molar-refractivity contribution < 1.29 is 9.21 Å². The third-order valence-corrected chi connectivity index (χ3v) is 4.17. The second kappa shape index (κ2) is 6.05. The summed E-state index contributed by atoms with van der Waals surface area (Å²) in [6, 6.07) is 3.92. The normalized spacial score (nSPS) is 17.5. The lowest BCUT2D eigenvalue weighted by Gasteiger charge is -2.07. The maximum absolute atomic E-state index is 11.8. The molecule has 0 radical (unpaired) electrons. The molecule has 104 valence electrons. The van der Waals surface area contributed by atoms with Crippen LogP contribution in [0.25, 0.3) is 10.8 Å². The number of carbonyl (C=O) groups is 1. The fraction of sp³-hybridized carbons (Fsp3) is 0.333. The molecule has 2 aromatic rings. The Labute approximate surface area is 121 Å². The van der Waals surface area contributed by atoms with E-state index in [1.165, 1.54) is 0 Å². The number of amides is 1. The van der Waals surface area contributed by atoms with E-state index in [4.69, 9.17) is 4.42 Å². The van der Waals surface area contributed by atoms with E-state index < -0.39 is 0 Å². The summed E-state index contributed by atoms with van der Waals surface area (Å²) in [5.74, 6) is 1.08. The summed E-state index contributed by atoms with van der Waals surface area (Å²) in [5.41, 5.74) is 0.753. The SMILES string of the molecule is O=C(C[C@@H]1C=CCC1)NCc1coc(-c2cccs2)n1. The molecule has 1 atom stereocenters. The van der Waals surface area contributed by atoms with E-state index in [-0.39, 0.29) is 5.91 Å². The van der Waals surface area contributed by atoms with Gasteiger partial charge in [-0.25, -0.2) is 4.98 Å². The Morgan fingerprint density at radius 2 is 2.50 bits per heavy atom. The Morgan fingerprint density at radius 1 is 1.55 bits per heavy atom. The van der Waals surface area contributed by atoms with E-state index >= 15 is 0 Å². The highest BCUT2D eigenvalue weighted by atomic mass is 32.1. The molecule has 0 bridgehead atoms. The topological polar surface area (TPSA) is 55.1 Å². The molecule has 5 heteroatoms. The maximum atomic E-state index is 11.8. The van der Waals surface area contributed by atoms with Crippen molar-refractivity contribution in [1.29, 1.82) is 0 Å². The van der Waals surface area contributed by atoms with E-state index in [0.717, 1.165) is 23.4 Å². The van der Waals surface area contributed by atoms with Gasteiger partial charge in [-0.2, -0.15) is 0 Å². The monoisotopic (exact) mass is 288 g/mol. The van der Waals surface area contributed by atoms with Crippen LogP contribution in [0.1, 0.15) is 25.0 Å². The number of hydrogen-bond acceptors (Lipinski definition) is 4. The molecule has 1 amide bonds. The smallest absolute Gasteiger partial charge is 0.236 e. The van der Waals surface area contributed by atoms with E-state index in [2.05, 4.69) is 22.5 Å². The highest BCUT2D eigenvalue weighted by molar-refractivity contribution is 7.13. The molecule has 2 heterocycles. The zero-order valence-corrected chi connectivity index (χ0v) is 11.9. The number of hydrogen-bond donors (Lipinski definition) is 1. The Kier molecular flexibility index (Phi) is 3.97. The summed E-state index contributed by atoms with van der Waals surface area (Å²) < 4.78 is 5.41. The predicted octanol–water partition coefficient (Wildman–Crippen LogP) is 3.38. The molecule has 0 unspecified atom stereocenters. The molecule has 0 saturated carbocycles. The summed E-state index contributed by atoms with van der Waals surface area (Å²) in [6.07, 6.45) is 8.61. The lowest BCUT2D eigenvalue weighted by molar-refractivity contribution is -0.121. The van der Waals surface area contributed by atoms with Gasteiger partial charge in [0.05, 0.1) is 17.1 Å². The molecule has 0 aromatic carbocycles. The van der Waals surface area contributed by atoms with Gasteiger partial charge in [-0.15, -0.1) is 11.3 Å². The molecule has 3 rings (SSSR count). The van der Waals surface area contributed by atoms with Gasteiger partial charge in [-0.05, 0) is 30.2 Å². The third kappa shape index (κ3) is 3.17. The van der Waals surface area contributed by atoms with Crippen molar-refractivity contribution in [3.63, 3.8) is 0 Å². The molecule has 0 fully saturated rings. The molecule has 20 heavy (non-hydrogen) atoms. The molecule has 2 aromatic heterocycles. The summed E-state index contributed by atoms with van der Waals surface area (Å²) in [6.45, 7) is 0.421. The fourth-order valence-corrected chi connectivity index (χ4v) is 2.92. The van der Waals surface area contributed by atoms with Crippen LogP contribution in [0.4, 0.5) is 0 Å². The Hall–Kier alpha value is -1.88. The minimum atomic E-state index is 0.0715. The lowest BCUT2D eigenvalue weighted by atomic mass is 10.1. The van der Waals surface area contributed by atoms with Gasteiger partial charge in [0.2, 0.25) is 11.8 Å². The van der Waals surface area contributed by atoms with Crippen molar-refractivity contribution in [3.05, 3.63) is 41.6 Å². The predicted molar refractivity (Wildman–Crippen MR) is 78.1 cm³/mol. The quantitative estimate of drug-likeness (QED) is 0.858. The molecule has 4 nitrogen and oxygen atoms in total. The number of allylic oxidation sites excluding steroid dienone is 2. The molecule has 0 saturated heterocycles. The first-order valence-corrected chi connectivity index (χ1v) is 7.61.